The first kappa shape index (κ1) is 14.8. The van der Waals surface area contributed by atoms with Crippen LogP contribution in [0.3, 0.4) is 0 Å². The Bertz CT molecular complexity index is 587. The number of nitrogens with two attached hydrogens (primary N) is 1. The normalized spacial score (nSPS) is 12.2. The van der Waals surface area contributed by atoms with Gasteiger partial charge in [-0.3, -0.25) is 0 Å². The van der Waals surface area contributed by atoms with Gasteiger partial charge in [-0.05, 0) is 36.4 Å². The van der Waals surface area contributed by atoms with E-state index in [9.17, 15) is 8.78 Å². The average Bonchev–Trinajstić information content (AvgIpc) is 2.42. The predicted octanol–water partition coefficient (Wildman–Crippen LogP) is 3.75. The lowest BCUT2D eigenvalue weighted by atomic mass is 10.0. The standard InChI is InChI=1S/C15H15ClF2N2/c1-20(12-5-3-11(17)4-6-12)15(9-19)13-7-2-10(16)8-14(13)18/h2-8,15H,9,19H2,1H3. The highest BCUT2D eigenvalue weighted by Gasteiger charge is 2.19. The molecule has 1 atom stereocenters. The molecule has 1 unspecified atom stereocenters. The summed E-state index contributed by atoms with van der Waals surface area (Å²) in [6, 6.07) is 10.1. The number of hydrogen-bond acceptors (Lipinski definition) is 2. The maximum Gasteiger partial charge on any atom is 0.130 e. The van der Waals surface area contributed by atoms with E-state index >= 15 is 0 Å². The van der Waals surface area contributed by atoms with Gasteiger partial charge in [-0.25, -0.2) is 8.78 Å². The Morgan fingerprint density at radius 2 is 1.80 bits per heavy atom. The summed E-state index contributed by atoms with van der Waals surface area (Å²) in [4.78, 5) is 1.81. The van der Waals surface area contributed by atoms with E-state index < -0.39 is 5.82 Å². The van der Waals surface area contributed by atoms with Gasteiger partial charge in [-0.1, -0.05) is 17.7 Å². The van der Waals surface area contributed by atoms with E-state index in [1.54, 1.807) is 31.3 Å². The van der Waals surface area contributed by atoms with E-state index in [1.807, 2.05) is 4.90 Å². The van der Waals surface area contributed by atoms with E-state index in [4.69, 9.17) is 17.3 Å². The Morgan fingerprint density at radius 1 is 1.15 bits per heavy atom. The van der Waals surface area contributed by atoms with Crippen molar-refractivity contribution in [3.63, 3.8) is 0 Å². The van der Waals surface area contributed by atoms with Gasteiger partial charge in [0.15, 0.2) is 0 Å². The minimum atomic E-state index is -0.401. The molecule has 2 N–H and O–H groups in total. The zero-order valence-corrected chi connectivity index (χ0v) is 11.7. The van der Waals surface area contributed by atoms with E-state index in [-0.39, 0.29) is 18.4 Å². The van der Waals surface area contributed by atoms with Crippen molar-refractivity contribution in [2.24, 2.45) is 5.73 Å². The highest BCUT2D eigenvalue weighted by Crippen LogP contribution is 2.28. The molecule has 5 heteroatoms. The van der Waals surface area contributed by atoms with Gasteiger partial charge in [0.2, 0.25) is 0 Å². The Hall–Kier alpha value is -1.65. The van der Waals surface area contributed by atoms with Gasteiger partial charge >= 0.3 is 0 Å². The lowest BCUT2D eigenvalue weighted by molar-refractivity contribution is 0.572. The molecule has 0 aliphatic heterocycles. The summed E-state index contributed by atoms with van der Waals surface area (Å²) in [7, 11) is 1.79. The highest BCUT2D eigenvalue weighted by molar-refractivity contribution is 6.30. The molecule has 0 fully saturated rings. The van der Waals surface area contributed by atoms with E-state index in [1.165, 1.54) is 18.2 Å². The average molecular weight is 297 g/mol. The van der Waals surface area contributed by atoms with Crippen LogP contribution >= 0.6 is 11.6 Å². The number of anilines is 1. The molecule has 0 radical (unpaired) electrons. The molecule has 0 spiro atoms. The summed E-state index contributed by atoms with van der Waals surface area (Å²) in [6.45, 7) is 0.229. The third kappa shape index (κ3) is 3.08. The monoisotopic (exact) mass is 296 g/mol. The fourth-order valence-electron chi connectivity index (χ4n) is 2.12. The zero-order valence-electron chi connectivity index (χ0n) is 11.0. The van der Waals surface area contributed by atoms with Crippen LogP contribution < -0.4 is 10.6 Å². The largest absolute Gasteiger partial charge is 0.366 e. The molecule has 0 bridgehead atoms. The topological polar surface area (TPSA) is 29.3 Å². The summed E-state index contributed by atoms with van der Waals surface area (Å²) in [5.74, 6) is -0.717. The Balaban J connectivity index is 2.33. The van der Waals surface area contributed by atoms with Crippen molar-refractivity contribution in [3.8, 4) is 0 Å². The van der Waals surface area contributed by atoms with Crippen LogP contribution in [0.5, 0.6) is 0 Å². The molecule has 2 aromatic carbocycles. The van der Waals surface area contributed by atoms with Crippen LogP contribution in [0.1, 0.15) is 11.6 Å². The first-order valence-electron chi connectivity index (χ1n) is 6.16. The summed E-state index contributed by atoms with van der Waals surface area (Å²) in [5.41, 5.74) is 6.99. The fourth-order valence-corrected chi connectivity index (χ4v) is 2.28. The molecule has 2 rings (SSSR count). The fraction of sp³-hybridized carbons (Fsp3) is 0.200. The molecule has 2 nitrogen and oxygen atoms in total. The third-order valence-corrected chi connectivity index (χ3v) is 3.48. The van der Waals surface area contributed by atoms with Crippen molar-refractivity contribution in [1.29, 1.82) is 0 Å². The van der Waals surface area contributed by atoms with Gasteiger partial charge in [0.05, 0.1) is 6.04 Å². The molecule has 0 amide bonds. The van der Waals surface area contributed by atoms with Crippen LogP contribution in [0.4, 0.5) is 14.5 Å². The third-order valence-electron chi connectivity index (χ3n) is 3.25. The molecule has 0 heterocycles. The molecular formula is C15H15ClF2N2. The number of nitrogens with zero attached hydrogens (tertiary/aromatic N) is 1. The second-order valence-electron chi connectivity index (χ2n) is 4.50. The maximum atomic E-state index is 14.0. The van der Waals surface area contributed by atoms with E-state index in [0.717, 1.165) is 5.69 Å². The van der Waals surface area contributed by atoms with Crippen LogP contribution in [-0.4, -0.2) is 13.6 Å². The SMILES string of the molecule is CN(c1ccc(F)cc1)C(CN)c1ccc(Cl)cc1F. The lowest BCUT2D eigenvalue weighted by Crippen LogP contribution is -2.31. The van der Waals surface area contributed by atoms with Gasteiger partial charge in [0.25, 0.3) is 0 Å². The molecule has 20 heavy (non-hydrogen) atoms. The van der Waals surface area contributed by atoms with Crippen LogP contribution in [0.25, 0.3) is 0 Å². The van der Waals surface area contributed by atoms with Crippen LogP contribution in [-0.2, 0) is 0 Å². The number of hydrogen-bond donors (Lipinski definition) is 1. The van der Waals surface area contributed by atoms with Crippen molar-refractivity contribution < 1.29 is 8.78 Å². The molecule has 2 aromatic rings. The number of benzene rings is 2. The molecule has 0 aromatic heterocycles. The minimum absolute atomic E-state index is 0.229. The lowest BCUT2D eigenvalue weighted by Gasteiger charge is -2.29. The molecule has 0 aliphatic carbocycles. The van der Waals surface area contributed by atoms with Gasteiger partial charge in [0, 0.05) is 29.9 Å². The highest BCUT2D eigenvalue weighted by atomic mass is 35.5. The van der Waals surface area contributed by atoms with Crippen molar-refractivity contribution in [2.45, 2.75) is 6.04 Å². The van der Waals surface area contributed by atoms with E-state index in [2.05, 4.69) is 0 Å². The summed E-state index contributed by atoms with van der Waals surface area (Å²) in [6.07, 6.45) is 0. The van der Waals surface area contributed by atoms with Crippen molar-refractivity contribution in [2.75, 3.05) is 18.5 Å². The number of likely N-dealkylation sites (N-methyl/N-ethyl adjacent to an activating group) is 1. The zero-order chi connectivity index (χ0) is 14.7. The first-order chi connectivity index (χ1) is 9.52. The second kappa shape index (κ2) is 6.20. The number of rotatable bonds is 4. The maximum absolute atomic E-state index is 14.0. The molecule has 0 aliphatic rings. The smallest absolute Gasteiger partial charge is 0.130 e. The van der Waals surface area contributed by atoms with Gasteiger partial charge in [0.1, 0.15) is 11.6 Å². The first-order valence-corrected chi connectivity index (χ1v) is 6.54. The minimum Gasteiger partial charge on any atom is -0.366 e. The summed E-state index contributed by atoms with van der Waals surface area (Å²) < 4.78 is 26.9. The summed E-state index contributed by atoms with van der Waals surface area (Å²) in [5, 5.41) is 0.339. The Labute approximate surface area is 121 Å². The van der Waals surface area contributed by atoms with Crippen LogP contribution in [0.15, 0.2) is 42.5 Å². The Morgan fingerprint density at radius 3 is 2.35 bits per heavy atom. The van der Waals surface area contributed by atoms with Crippen molar-refractivity contribution in [3.05, 3.63) is 64.7 Å². The van der Waals surface area contributed by atoms with Crippen LogP contribution in [0, 0.1) is 11.6 Å². The van der Waals surface area contributed by atoms with Crippen molar-refractivity contribution >= 4 is 17.3 Å². The second-order valence-corrected chi connectivity index (χ2v) is 4.94. The molecule has 0 saturated carbocycles. The predicted molar refractivity (Wildman–Crippen MR) is 78.0 cm³/mol. The Kier molecular flexibility index (Phi) is 4.57. The van der Waals surface area contributed by atoms with Gasteiger partial charge in [-0.2, -0.15) is 0 Å². The van der Waals surface area contributed by atoms with Crippen molar-refractivity contribution in [1.82, 2.24) is 0 Å². The quantitative estimate of drug-likeness (QED) is 0.931. The molecule has 106 valence electrons. The van der Waals surface area contributed by atoms with Gasteiger partial charge in [-0.15, -0.1) is 0 Å². The van der Waals surface area contributed by atoms with E-state index in [0.29, 0.717) is 10.6 Å². The summed E-state index contributed by atoms with van der Waals surface area (Å²) >= 11 is 5.75. The molecular weight excluding hydrogens is 282 g/mol. The molecule has 0 saturated heterocycles. The van der Waals surface area contributed by atoms with Crippen LogP contribution in [0.2, 0.25) is 5.02 Å². The number of halogens is 3. The van der Waals surface area contributed by atoms with Gasteiger partial charge < -0.3 is 10.6 Å².